The number of aromatic nitrogens is 1. The first-order valence-electron chi connectivity index (χ1n) is 5.64. The lowest BCUT2D eigenvalue weighted by Crippen LogP contribution is -2.33. The van der Waals surface area contributed by atoms with Crippen molar-refractivity contribution in [2.24, 2.45) is 0 Å². The van der Waals surface area contributed by atoms with E-state index in [1.807, 2.05) is 20.8 Å². The van der Waals surface area contributed by atoms with Gasteiger partial charge in [0.15, 0.2) is 11.6 Å². The zero-order valence-electron chi connectivity index (χ0n) is 10.6. The zero-order chi connectivity index (χ0) is 13.0. The normalized spacial score (nSPS) is 10.5. The third-order valence-electron chi connectivity index (χ3n) is 2.56. The average molecular weight is 239 g/mol. The third-order valence-corrected chi connectivity index (χ3v) is 2.56. The molecule has 1 amide bonds. The first kappa shape index (κ1) is 13.4. The first-order valence-corrected chi connectivity index (χ1v) is 5.64. The number of anilines is 1. The van der Waals surface area contributed by atoms with Crippen LogP contribution in [0.3, 0.4) is 0 Å². The summed E-state index contributed by atoms with van der Waals surface area (Å²) >= 11 is 0. The van der Waals surface area contributed by atoms with Gasteiger partial charge in [-0.3, -0.25) is 4.79 Å². The van der Waals surface area contributed by atoms with Gasteiger partial charge in [0, 0.05) is 25.8 Å². The van der Waals surface area contributed by atoms with Crippen molar-refractivity contribution in [3.63, 3.8) is 0 Å². The maximum atomic E-state index is 14.0. The average Bonchev–Trinajstić information content (AvgIpc) is 2.30. The number of carbonyl (C=O) groups is 1. The molecule has 17 heavy (non-hydrogen) atoms. The van der Waals surface area contributed by atoms with E-state index >= 15 is 0 Å². The lowest BCUT2D eigenvalue weighted by atomic mass is 10.2. The molecule has 0 aliphatic rings. The molecule has 0 fully saturated rings. The summed E-state index contributed by atoms with van der Waals surface area (Å²) in [7, 11) is 1.65. The monoisotopic (exact) mass is 239 g/mol. The predicted molar refractivity (Wildman–Crippen MR) is 65.6 cm³/mol. The van der Waals surface area contributed by atoms with Crippen molar-refractivity contribution in [3.05, 3.63) is 23.6 Å². The van der Waals surface area contributed by atoms with Crippen molar-refractivity contribution in [2.45, 2.75) is 26.8 Å². The number of pyridine rings is 1. The van der Waals surface area contributed by atoms with Crippen LogP contribution in [-0.2, 0) is 0 Å². The molecular weight excluding hydrogens is 221 g/mol. The Morgan fingerprint density at radius 3 is 2.76 bits per heavy atom. The van der Waals surface area contributed by atoms with Crippen LogP contribution in [-0.4, -0.2) is 35.4 Å². The molecule has 1 aromatic heterocycles. The highest BCUT2D eigenvalue weighted by Gasteiger charge is 2.20. The van der Waals surface area contributed by atoms with E-state index < -0.39 is 5.82 Å². The Kier molecular flexibility index (Phi) is 4.43. The highest BCUT2D eigenvalue weighted by molar-refractivity contribution is 5.95. The van der Waals surface area contributed by atoms with Gasteiger partial charge in [-0.15, -0.1) is 0 Å². The smallest absolute Gasteiger partial charge is 0.257 e. The summed E-state index contributed by atoms with van der Waals surface area (Å²) in [6.45, 7) is 6.15. The maximum absolute atomic E-state index is 14.0. The number of nitrogens with one attached hydrogen (secondary N) is 1. The van der Waals surface area contributed by atoms with Crippen LogP contribution < -0.4 is 5.32 Å². The topological polar surface area (TPSA) is 45.2 Å². The minimum absolute atomic E-state index is 0.0256. The fourth-order valence-corrected chi connectivity index (χ4v) is 1.32. The maximum Gasteiger partial charge on any atom is 0.257 e. The molecule has 0 bridgehead atoms. The molecular formula is C12H18FN3O. The number of nitrogens with zero attached hydrogens (tertiary/aromatic N) is 2. The SMILES string of the molecule is CCNc1nccc(C(=O)N(C)C(C)C)c1F. The fraction of sp³-hybridized carbons (Fsp3) is 0.500. The van der Waals surface area contributed by atoms with Crippen LogP contribution in [0.4, 0.5) is 10.2 Å². The van der Waals surface area contributed by atoms with E-state index in [-0.39, 0.29) is 23.3 Å². The minimum atomic E-state index is -0.591. The summed E-state index contributed by atoms with van der Waals surface area (Å²) in [5.41, 5.74) is 0.0483. The second-order valence-corrected chi connectivity index (χ2v) is 4.06. The van der Waals surface area contributed by atoms with Gasteiger partial charge in [-0.2, -0.15) is 0 Å². The van der Waals surface area contributed by atoms with E-state index in [1.54, 1.807) is 7.05 Å². The van der Waals surface area contributed by atoms with Gasteiger partial charge in [-0.25, -0.2) is 9.37 Å². The molecule has 0 aromatic carbocycles. The van der Waals surface area contributed by atoms with E-state index in [1.165, 1.54) is 17.2 Å². The molecule has 0 spiro atoms. The van der Waals surface area contributed by atoms with Gasteiger partial charge >= 0.3 is 0 Å². The Balaban J connectivity index is 3.06. The van der Waals surface area contributed by atoms with Gasteiger partial charge in [0.2, 0.25) is 0 Å². The summed E-state index contributed by atoms with van der Waals surface area (Å²) in [4.78, 5) is 17.3. The summed E-state index contributed by atoms with van der Waals surface area (Å²) in [6, 6.07) is 1.43. The molecule has 1 N–H and O–H groups in total. The summed E-state index contributed by atoms with van der Waals surface area (Å²) < 4.78 is 14.0. The van der Waals surface area contributed by atoms with Gasteiger partial charge in [0.25, 0.3) is 5.91 Å². The second kappa shape index (κ2) is 5.61. The van der Waals surface area contributed by atoms with Gasteiger partial charge in [-0.05, 0) is 26.8 Å². The second-order valence-electron chi connectivity index (χ2n) is 4.06. The predicted octanol–water partition coefficient (Wildman–Crippen LogP) is 2.13. The Labute approximate surface area is 101 Å². The highest BCUT2D eigenvalue weighted by Crippen LogP contribution is 2.17. The number of carbonyl (C=O) groups excluding carboxylic acids is 1. The van der Waals surface area contributed by atoms with Gasteiger partial charge in [-0.1, -0.05) is 0 Å². The minimum Gasteiger partial charge on any atom is -0.368 e. The molecule has 0 unspecified atom stereocenters. The number of hydrogen-bond donors (Lipinski definition) is 1. The Morgan fingerprint density at radius 2 is 2.24 bits per heavy atom. The van der Waals surface area contributed by atoms with Crippen molar-refractivity contribution in [1.82, 2.24) is 9.88 Å². The van der Waals surface area contributed by atoms with Crippen LogP contribution in [0, 0.1) is 5.82 Å². The van der Waals surface area contributed by atoms with Crippen molar-refractivity contribution in [1.29, 1.82) is 0 Å². The van der Waals surface area contributed by atoms with Crippen molar-refractivity contribution >= 4 is 11.7 Å². The molecule has 1 aromatic rings. The van der Waals surface area contributed by atoms with E-state index in [0.29, 0.717) is 6.54 Å². The summed E-state index contributed by atoms with van der Waals surface area (Å²) in [6.07, 6.45) is 1.43. The van der Waals surface area contributed by atoms with Crippen LogP contribution in [0.1, 0.15) is 31.1 Å². The van der Waals surface area contributed by atoms with Crippen LogP contribution >= 0.6 is 0 Å². The van der Waals surface area contributed by atoms with Crippen molar-refractivity contribution < 1.29 is 9.18 Å². The zero-order valence-corrected chi connectivity index (χ0v) is 10.6. The number of halogens is 1. The quantitative estimate of drug-likeness (QED) is 0.875. The Morgan fingerprint density at radius 1 is 1.59 bits per heavy atom. The summed E-state index contributed by atoms with van der Waals surface area (Å²) in [5.74, 6) is -0.804. The molecule has 4 nitrogen and oxygen atoms in total. The fourth-order valence-electron chi connectivity index (χ4n) is 1.32. The van der Waals surface area contributed by atoms with Gasteiger partial charge in [0.1, 0.15) is 0 Å². The molecule has 0 atom stereocenters. The van der Waals surface area contributed by atoms with E-state index in [9.17, 15) is 9.18 Å². The number of hydrogen-bond acceptors (Lipinski definition) is 3. The van der Waals surface area contributed by atoms with Gasteiger partial charge < -0.3 is 10.2 Å². The first-order chi connectivity index (χ1) is 7.99. The molecule has 1 heterocycles. The van der Waals surface area contributed by atoms with E-state index in [2.05, 4.69) is 10.3 Å². The molecule has 1 rings (SSSR count). The number of rotatable bonds is 4. The van der Waals surface area contributed by atoms with E-state index in [4.69, 9.17) is 0 Å². The molecule has 0 aliphatic heterocycles. The molecule has 0 saturated heterocycles. The van der Waals surface area contributed by atoms with Crippen molar-refractivity contribution in [2.75, 3.05) is 18.9 Å². The molecule has 94 valence electrons. The lowest BCUT2D eigenvalue weighted by Gasteiger charge is -2.22. The van der Waals surface area contributed by atoms with Crippen LogP contribution in [0.25, 0.3) is 0 Å². The third kappa shape index (κ3) is 2.93. The molecule has 0 saturated carbocycles. The lowest BCUT2D eigenvalue weighted by molar-refractivity contribution is 0.0750. The standard InChI is InChI=1S/C12H18FN3O/c1-5-14-11-10(13)9(6-7-15-11)12(17)16(4)8(2)3/h6-8H,5H2,1-4H3,(H,14,15). The highest BCUT2D eigenvalue weighted by atomic mass is 19.1. The largest absolute Gasteiger partial charge is 0.368 e. The molecule has 0 aliphatic carbocycles. The molecule has 0 radical (unpaired) electrons. The van der Waals surface area contributed by atoms with Crippen LogP contribution in [0.5, 0.6) is 0 Å². The van der Waals surface area contributed by atoms with E-state index in [0.717, 1.165) is 0 Å². The van der Waals surface area contributed by atoms with Gasteiger partial charge in [0.05, 0.1) is 5.56 Å². The summed E-state index contributed by atoms with van der Waals surface area (Å²) in [5, 5.41) is 2.78. The Hall–Kier alpha value is -1.65. The van der Waals surface area contributed by atoms with Crippen LogP contribution in [0.15, 0.2) is 12.3 Å². The van der Waals surface area contributed by atoms with Crippen molar-refractivity contribution in [3.8, 4) is 0 Å². The van der Waals surface area contributed by atoms with Crippen LogP contribution in [0.2, 0.25) is 0 Å². The molecule has 5 heteroatoms. The Bertz CT molecular complexity index is 407. The number of amides is 1.